The van der Waals surface area contributed by atoms with Gasteiger partial charge in [0.05, 0.1) is 0 Å². The predicted octanol–water partition coefficient (Wildman–Crippen LogP) is 3.12. The number of nitrogens with one attached hydrogen (secondary N) is 1. The molecule has 150 valence electrons. The molecule has 1 saturated heterocycles. The third-order valence-corrected chi connectivity index (χ3v) is 5.64. The number of imide groups is 2. The second-order valence-corrected chi connectivity index (χ2v) is 8.00. The standard InChI is InChI=1S/C21H27N3O4/c1-13(2)15-8-10-16(11-9-15)22-18(25)12-23-19(26)20(27)24(21(23)28)17-7-5-4-6-14(17)3/h8-11,13-14,17H,4-7,12H2,1-3H3,(H,22,25)/t14-,17+/m0/s1. The first-order chi connectivity index (χ1) is 13.3. The van der Waals surface area contributed by atoms with Gasteiger partial charge in [0.25, 0.3) is 0 Å². The van der Waals surface area contributed by atoms with Crippen molar-refractivity contribution < 1.29 is 19.2 Å². The van der Waals surface area contributed by atoms with Crippen LogP contribution in [0.1, 0.15) is 57.9 Å². The SMILES string of the molecule is CC(C)c1ccc(NC(=O)CN2C(=O)C(=O)N([C@@H]3CCCC[C@@H]3C)C2=O)cc1. The Labute approximate surface area is 165 Å². The smallest absolute Gasteiger partial charge is 0.325 e. The van der Waals surface area contributed by atoms with Gasteiger partial charge in [-0.05, 0) is 42.4 Å². The number of benzene rings is 1. The van der Waals surface area contributed by atoms with E-state index in [1.807, 2.05) is 19.1 Å². The summed E-state index contributed by atoms with van der Waals surface area (Å²) >= 11 is 0. The Hall–Kier alpha value is -2.70. The van der Waals surface area contributed by atoms with Gasteiger partial charge in [0, 0.05) is 11.7 Å². The zero-order valence-electron chi connectivity index (χ0n) is 16.6. The Morgan fingerprint density at radius 3 is 2.32 bits per heavy atom. The molecule has 0 spiro atoms. The van der Waals surface area contributed by atoms with Gasteiger partial charge in [0.2, 0.25) is 5.91 Å². The van der Waals surface area contributed by atoms with Crippen LogP contribution < -0.4 is 5.32 Å². The van der Waals surface area contributed by atoms with Crippen molar-refractivity contribution in [1.29, 1.82) is 0 Å². The summed E-state index contributed by atoms with van der Waals surface area (Å²) in [7, 11) is 0. The quantitative estimate of drug-likeness (QED) is 0.623. The zero-order chi connectivity index (χ0) is 20.4. The number of rotatable bonds is 5. The Morgan fingerprint density at radius 2 is 1.71 bits per heavy atom. The van der Waals surface area contributed by atoms with E-state index in [1.54, 1.807) is 12.1 Å². The summed E-state index contributed by atoms with van der Waals surface area (Å²) < 4.78 is 0. The molecule has 0 bridgehead atoms. The number of anilines is 1. The Balaban J connectivity index is 1.66. The fourth-order valence-corrected chi connectivity index (χ4v) is 3.93. The maximum Gasteiger partial charge on any atom is 0.334 e. The Bertz CT molecular complexity index is 787. The van der Waals surface area contributed by atoms with E-state index in [9.17, 15) is 19.2 Å². The molecule has 7 heteroatoms. The first-order valence-corrected chi connectivity index (χ1v) is 9.88. The molecule has 1 aromatic rings. The summed E-state index contributed by atoms with van der Waals surface area (Å²) in [5.74, 6) is -1.72. The lowest BCUT2D eigenvalue weighted by molar-refractivity contribution is -0.145. The molecule has 1 aliphatic heterocycles. The van der Waals surface area contributed by atoms with Crippen LogP contribution in [0.2, 0.25) is 0 Å². The molecule has 1 aliphatic carbocycles. The van der Waals surface area contributed by atoms with Gasteiger partial charge >= 0.3 is 17.8 Å². The molecule has 2 fully saturated rings. The molecule has 28 heavy (non-hydrogen) atoms. The van der Waals surface area contributed by atoms with Crippen molar-refractivity contribution in [3.63, 3.8) is 0 Å². The highest BCUT2D eigenvalue weighted by Gasteiger charge is 2.49. The van der Waals surface area contributed by atoms with Crippen molar-refractivity contribution in [3.05, 3.63) is 29.8 Å². The fourth-order valence-electron chi connectivity index (χ4n) is 3.93. The van der Waals surface area contributed by atoms with E-state index in [0.717, 1.165) is 34.6 Å². The molecule has 7 nitrogen and oxygen atoms in total. The molecule has 1 saturated carbocycles. The highest BCUT2D eigenvalue weighted by molar-refractivity contribution is 6.45. The fraction of sp³-hybridized carbons (Fsp3) is 0.524. The normalized spacial score (nSPS) is 22.9. The van der Waals surface area contributed by atoms with E-state index in [4.69, 9.17) is 0 Å². The van der Waals surface area contributed by atoms with Crippen molar-refractivity contribution in [2.24, 2.45) is 5.92 Å². The highest BCUT2D eigenvalue weighted by Crippen LogP contribution is 2.31. The summed E-state index contributed by atoms with van der Waals surface area (Å²) in [6.45, 7) is 5.68. The Morgan fingerprint density at radius 1 is 1.07 bits per heavy atom. The van der Waals surface area contributed by atoms with Crippen LogP contribution >= 0.6 is 0 Å². The van der Waals surface area contributed by atoms with Crippen molar-refractivity contribution in [2.45, 2.75) is 58.4 Å². The second kappa shape index (κ2) is 8.12. The number of amides is 5. The van der Waals surface area contributed by atoms with Gasteiger partial charge in [-0.25, -0.2) is 9.69 Å². The molecule has 0 unspecified atom stereocenters. The molecule has 1 heterocycles. The number of nitrogens with zero attached hydrogens (tertiary/aromatic N) is 2. The highest BCUT2D eigenvalue weighted by atomic mass is 16.2. The lowest BCUT2D eigenvalue weighted by atomic mass is 9.85. The lowest BCUT2D eigenvalue weighted by Crippen LogP contribution is -2.46. The molecule has 5 amide bonds. The minimum absolute atomic E-state index is 0.155. The van der Waals surface area contributed by atoms with Crippen molar-refractivity contribution in [3.8, 4) is 0 Å². The van der Waals surface area contributed by atoms with Crippen molar-refractivity contribution >= 4 is 29.4 Å². The van der Waals surface area contributed by atoms with Crippen molar-refractivity contribution in [2.75, 3.05) is 11.9 Å². The zero-order valence-corrected chi connectivity index (χ0v) is 16.6. The van der Waals surface area contributed by atoms with Gasteiger partial charge in [-0.3, -0.25) is 19.3 Å². The van der Waals surface area contributed by atoms with E-state index in [-0.39, 0.29) is 12.0 Å². The van der Waals surface area contributed by atoms with Gasteiger partial charge in [0.15, 0.2) is 0 Å². The van der Waals surface area contributed by atoms with Crippen LogP contribution in [0.4, 0.5) is 10.5 Å². The molecule has 0 aromatic heterocycles. The van der Waals surface area contributed by atoms with Crippen LogP contribution in [0.25, 0.3) is 0 Å². The van der Waals surface area contributed by atoms with Crippen LogP contribution in [0.15, 0.2) is 24.3 Å². The van der Waals surface area contributed by atoms with E-state index < -0.39 is 30.3 Å². The van der Waals surface area contributed by atoms with Crippen molar-refractivity contribution in [1.82, 2.24) is 9.80 Å². The Kier molecular flexibility index (Phi) is 5.82. The third kappa shape index (κ3) is 3.93. The van der Waals surface area contributed by atoms with Gasteiger partial charge < -0.3 is 5.32 Å². The van der Waals surface area contributed by atoms with Crippen LogP contribution in [-0.2, 0) is 14.4 Å². The number of carbonyl (C=O) groups is 4. The summed E-state index contributed by atoms with van der Waals surface area (Å²) in [5.41, 5.74) is 1.73. The third-order valence-electron chi connectivity index (χ3n) is 5.64. The van der Waals surface area contributed by atoms with E-state index in [0.29, 0.717) is 18.0 Å². The lowest BCUT2D eigenvalue weighted by Gasteiger charge is -2.34. The van der Waals surface area contributed by atoms with Crippen LogP contribution in [0, 0.1) is 5.92 Å². The monoisotopic (exact) mass is 385 g/mol. The van der Waals surface area contributed by atoms with Crippen LogP contribution in [0.5, 0.6) is 0 Å². The topological polar surface area (TPSA) is 86.8 Å². The van der Waals surface area contributed by atoms with E-state index in [2.05, 4.69) is 19.2 Å². The summed E-state index contributed by atoms with van der Waals surface area (Å²) in [5, 5.41) is 2.68. The number of urea groups is 1. The molecule has 3 rings (SSSR count). The van der Waals surface area contributed by atoms with Gasteiger partial charge in [-0.1, -0.05) is 45.7 Å². The predicted molar refractivity (Wildman–Crippen MR) is 105 cm³/mol. The average Bonchev–Trinajstić information content (AvgIpc) is 2.86. The number of hydrogen-bond acceptors (Lipinski definition) is 4. The minimum Gasteiger partial charge on any atom is -0.325 e. The van der Waals surface area contributed by atoms with Gasteiger partial charge in [-0.2, -0.15) is 0 Å². The van der Waals surface area contributed by atoms with Gasteiger partial charge in [0.1, 0.15) is 6.54 Å². The largest absolute Gasteiger partial charge is 0.334 e. The average molecular weight is 385 g/mol. The molecule has 2 atom stereocenters. The maximum absolute atomic E-state index is 12.7. The first kappa shape index (κ1) is 20.0. The molecule has 0 radical (unpaired) electrons. The van der Waals surface area contributed by atoms with Crippen LogP contribution in [-0.4, -0.2) is 46.1 Å². The summed E-state index contributed by atoms with van der Waals surface area (Å²) in [6, 6.07) is 6.45. The molecular weight excluding hydrogens is 358 g/mol. The first-order valence-electron chi connectivity index (χ1n) is 9.88. The molecule has 1 N–H and O–H groups in total. The molecular formula is C21H27N3O4. The van der Waals surface area contributed by atoms with E-state index in [1.165, 1.54) is 0 Å². The van der Waals surface area contributed by atoms with E-state index >= 15 is 0 Å². The molecule has 1 aromatic carbocycles. The maximum atomic E-state index is 12.7. The summed E-state index contributed by atoms with van der Waals surface area (Å²) in [4.78, 5) is 51.6. The number of hydrogen-bond donors (Lipinski definition) is 1. The van der Waals surface area contributed by atoms with Gasteiger partial charge in [-0.15, -0.1) is 0 Å². The minimum atomic E-state index is -0.923. The second-order valence-electron chi connectivity index (χ2n) is 8.00. The summed E-state index contributed by atoms with van der Waals surface area (Å²) in [6.07, 6.45) is 3.60. The molecule has 2 aliphatic rings. The van der Waals surface area contributed by atoms with Crippen LogP contribution in [0.3, 0.4) is 0 Å². The number of carbonyl (C=O) groups excluding carboxylic acids is 4.